The highest BCUT2D eigenvalue weighted by molar-refractivity contribution is 5.94. The van der Waals surface area contributed by atoms with Gasteiger partial charge < -0.3 is 20.1 Å². The second-order valence-electron chi connectivity index (χ2n) is 5.15. The molecule has 5 nitrogen and oxygen atoms in total. The summed E-state index contributed by atoms with van der Waals surface area (Å²) in [5.74, 6) is -0.0543. The van der Waals surface area contributed by atoms with Gasteiger partial charge in [-0.1, -0.05) is 18.2 Å². The maximum atomic E-state index is 12.1. The highest BCUT2D eigenvalue weighted by Crippen LogP contribution is 2.21. The first-order chi connectivity index (χ1) is 9.65. The number of methoxy groups -OCH3 is 1. The number of benzene rings is 1. The van der Waals surface area contributed by atoms with Crippen molar-refractivity contribution in [3.05, 3.63) is 30.3 Å². The number of hydrogen-bond donors (Lipinski definition) is 2. The molecular formula is C15H22N2O3. The van der Waals surface area contributed by atoms with Gasteiger partial charge in [0.1, 0.15) is 5.60 Å². The van der Waals surface area contributed by atoms with Crippen LogP contribution in [0.1, 0.15) is 13.3 Å². The van der Waals surface area contributed by atoms with Crippen LogP contribution in [0.5, 0.6) is 0 Å². The van der Waals surface area contributed by atoms with E-state index in [0.717, 1.165) is 12.1 Å². The summed E-state index contributed by atoms with van der Waals surface area (Å²) < 4.78 is 10.9. The Bertz CT molecular complexity index is 430. The van der Waals surface area contributed by atoms with Gasteiger partial charge in [0.05, 0.1) is 12.6 Å². The van der Waals surface area contributed by atoms with Gasteiger partial charge in [-0.2, -0.15) is 0 Å². The molecule has 1 aromatic rings. The normalized spacial score (nSPS) is 23.5. The summed E-state index contributed by atoms with van der Waals surface area (Å²) in [6, 6.07) is 9.15. The minimum absolute atomic E-state index is 0.0543. The van der Waals surface area contributed by atoms with Crippen LogP contribution in [-0.4, -0.2) is 44.4 Å². The summed E-state index contributed by atoms with van der Waals surface area (Å²) in [6.45, 7) is 3.73. The molecule has 0 radical (unpaired) electrons. The summed E-state index contributed by atoms with van der Waals surface area (Å²) in [7, 11) is 1.69. The second-order valence-corrected chi connectivity index (χ2v) is 5.15. The van der Waals surface area contributed by atoms with Crippen LogP contribution in [-0.2, 0) is 14.3 Å². The third-order valence-corrected chi connectivity index (χ3v) is 3.67. The maximum absolute atomic E-state index is 12.1. The van der Waals surface area contributed by atoms with E-state index in [2.05, 4.69) is 10.6 Å². The monoisotopic (exact) mass is 278 g/mol. The molecule has 0 bridgehead atoms. The van der Waals surface area contributed by atoms with Crippen LogP contribution in [0, 0.1) is 0 Å². The summed E-state index contributed by atoms with van der Waals surface area (Å²) in [5.41, 5.74) is 0.498. The number of nitrogens with one attached hydrogen (secondary N) is 2. The van der Waals surface area contributed by atoms with Gasteiger partial charge in [-0.15, -0.1) is 0 Å². The van der Waals surface area contributed by atoms with Gasteiger partial charge in [-0.25, -0.2) is 0 Å². The molecule has 1 heterocycles. The fourth-order valence-corrected chi connectivity index (χ4v) is 2.16. The van der Waals surface area contributed by atoms with Gasteiger partial charge in [0.2, 0.25) is 5.91 Å². The lowest BCUT2D eigenvalue weighted by Gasteiger charge is -2.27. The Labute approximate surface area is 119 Å². The van der Waals surface area contributed by atoms with Crippen molar-refractivity contribution in [2.75, 3.05) is 32.2 Å². The van der Waals surface area contributed by atoms with E-state index in [0.29, 0.717) is 19.8 Å². The summed E-state index contributed by atoms with van der Waals surface area (Å²) >= 11 is 0. The molecule has 0 aliphatic carbocycles. The minimum Gasteiger partial charge on any atom is -0.378 e. The lowest BCUT2D eigenvalue weighted by Crippen LogP contribution is -2.48. The number of carbonyl (C=O) groups is 1. The standard InChI is InChI=1S/C15H22N2O3/c1-12(14(18)17-13-6-4-3-5-7-13)16-10-15(19-2)8-9-20-11-15/h3-7,12,16H,8-11H2,1-2H3,(H,17,18). The number of ether oxygens (including phenoxy) is 2. The zero-order chi connectivity index (χ0) is 14.4. The van der Waals surface area contributed by atoms with Crippen molar-refractivity contribution < 1.29 is 14.3 Å². The average Bonchev–Trinajstić information content (AvgIpc) is 2.95. The van der Waals surface area contributed by atoms with Crippen LogP contribution < -0.4 is 10.6 Å². The van der Waals surface area contributed by atoms with E-state index < -0.39 is 0 Å². The number of para-hydroxylation sites is 1. The summed E-state index contributed by atoms with van der Waals surface area (Å²) in [5, 5.41) is 6.09. The minimum atomic E-state index is -0.304. The van der Waals surface area contributed by atoms with Crippen molar-refractivity contribution in [1.82, 2.24) is 5.32 Å². The smallest absolute Gasteiger partial charge is 0.241 e. The van der Waals surface area contributed by atoms with Gasteiger partial charge >= 0.3 is 0 Å². The van der Waals surface area contributed by atoms with Crippen molar-refractivity contribution in [2.24, 2.45) is 0 Å². The van der Waals surface area contributed by atoms with Crippen LogP contribution in [0.3, 0.4) is 0 Å². The molecule has 2 atom stereocenters. The molecule has 1 fully saturated rings. The molecule has 0 aromatic heterocycles. The Morgan fingerprint density at radius 3 is 2.80 bits per heavy atom. The molecule has 2 unspecified atom stereocenters. The molecule has 2 rings (SSSR count). The number of anilines is 1. The van der Waals surface area contributed by atoms with Crippen LogP contribution in [0.2, 0.25) is 0 Å². The van der Waals surface area contributed by atoms with Crippen LogP contribution in [0.4, 0.5) is 5.69 Å². The lowest BCUT2D eigenvalue weighted by molar-refractivity contribution is -0.118. The Morgan fingerprint density at radius 2 is 2.20 bits per heavy atom. The highest BCUT2D eigenvalue weighted by Gasteiger charge is 2.35. The van der Waals surface area contributed by atoms with E-state index in [9.17, 15) is 4.79 Å². The molecule has 1 amide bonds. The van der Waals surface area contributed by atoms with Crippen LogP contribution >= 0.6 is 0 Å². The molecule has 0 saturated carbocycles. The Kier molecular flexibility index (Phi) is 5.11. The van der Waals surface area contributed by atoms with Gasteiger partial charge in [-0.05, 0) is 19.1 Å². The number of carbonyl (C=O) groups excluding carboxylic acids is 1. The molecule has 2 N–H and O–H groups in total. The van der Waals surface area contributed by atoms with E-state index in [1.54, 1.807) is 7.11 Å². The van der Waals surface area contributed by atoms with Crippen LogP contribution in [0.15, 0.2) is 30.3 Å². The lowest BCUT2D eigenvalue weighted by atomic mass is 10.0. The van der Waals surface area contributed by atoms with E-state index in [4.69, 9.17) is 9.47 Å². The zero-order valence-corrected chi connectivity index (χ0v) is 12.0. The van der Waals surface area contributed by atoms with E-state index in [-0.39, 0.29) is 17.6 Å². The first kappa shape index (κ1) is 15.0. The first-order valence-electron chi connectivity index (χ1n) is 6.87. The fraction of sp³-hybridized carbons (Fsp3) is 0.533. The van der Waals surface area contributed by atoms with Gasteiger partial charge in [0.15, 0.2) is 0 Å². The summed E-state index contributed by atoms with van der Waals surface area (Å²) in [4.78, 5) is 12.1. The SMILES string of the molecule is COC1(CNC(C)C(=O)Nc2ccccc2)CCOC1. The topological polar surface area (TPSA) is 59.6 Å². The van der Waals surface area contributed by atoms with Gasteiger partial charge in [0.25, 0.3) is 0 Å². The van der Waals surface area contributed by atoms with E-state index in [1.165, 1.54) is 0 Å². The van der Waals surface area contributed by atoms with Gasteiger partial charge in [0, 0.05) is 32.4 Å². The quantitative estimate of drug-likeness (QED) is 0.826. The molecule has 110 valence electrons. The third-order valence-electron chi connectivity index (χ3n) is 3.67. The Morgan fingerprint density at radius 1 is 1.45 bits per heavy atom. The first-order valence-corrected chi connectivity index (χ1v) is 6.87. The van der Waals surface area contributed by atoms with Crippen molar-refractivity contribution in [3.63, 3.8) is 0 Å². The number of hydrogen-bond acceptors (Lipinski definition) is 4. The van der Waals surface area contributed by atoms with E-state index in [1.807, 2.05) is 37.3 Å². The number of rotatable bonds is 6. The Hall–Kier alpha value is -1.43. The van der Waals surface area contributed by atoms with E-state index >= 15 is 0 Å². The zero-order valence-electron chi connectivity index (χ0n) is 12.0. The molecule has 1 saturated heterocycles. The molecule has 0 spiro atoms. The summed E-state index contributed by atoms with van der Waals surface area (Å²) in [6.07, 6.45) is 0.851. The molecule has 1 aliphatic heterocycles. The number of amides is 1. The Balaban J connectivity index is 1.82. The van der Waals surface area contributed by atoms with Gasteiger partial charge in [-0.3, -0.25) is 4.79 Å². The maximum Gasteiger partial charge on any atom is 0.241 e. The van der Waals surface area contributed by atoms with Crippen molar-refractivity contribution in [1.29, 1.82) is 0 Å². The predicted molar refractivity (Wildman–Crippen MR) is 77.7 cm³/mol. The molecule has 5 heteroatoms. The molecule has 1 aromatic carbocycles. The fourth-order valence-electron chi connectivity index (χ4n) is 2.16. The molecule has 1 aliphatic rings. The average molecular weight is 278 g/mol. The molecule has 20 heavy (non-hydrogen) atoms. The van der Waals surface area contributed by atoms with Crippen LogP contribution in [0.25, 0.3) is 0 Å². The third kappa shape index (κ3) is 3.79. The molecular weight excluding hydrogens is 256 g/mol. The van der Waals surface area contributed by atoms with Crippen molar-refractivity contribution in [2.45, 2.75) is 25.0 Å². The largest absolute Gasteiger partial charge is 0.378 e. The second kappa shape index (κ2) is 6.83. The highest BCUT2D eigenvalue weighted by atomic mass is 16.5. The van der Waals surface area contributed by atoms with Crippen molar-refractivity contribution in [3.8, 4) is 0 Å². The van der Waals surface area contributed by atoms with Crippen molar-refractivity contribution >= 4 is 11.6 Å². The predicted octanol–water partition coefficient (Wildman–Crippen LogP) is 1.41.